The second kappa shape index (κ2) is 5.71. The van der Waals surface area contributed by atoms with Gasteiger partial charge in [0, 0.05) is 0 Å². The Kier molecular flexibility index (Phi) is 4.55. The second-order valence-corrected chi connectivity index (χ2v) is 4.63. The zero-order valence-electron chi connectivity index (χ0n) is 11.1. The van der Waals surface area contributed by atoms with Gasteiger partial charge >= 0.3 is 6.16 Å². The van der Waals surface area contributed by atoms with Crippen molar-refractivity contribution in [3.05, 3.63) is 29.3 Å². The van der Waals surface area contributed by atoms with E-state index in [1.165, 1.54) is 7.11 Å². The summed E-state index contributed by atoms with van der Waals surface area (Å²) in [5.41, 5.74) is 2.06. The molecule has 1 aromatic rings. The molecule has 0 aromatic heterocycles. The molecule has 0 saturated carbocycles. The molecule has 3 nitrogen and oxygen atoms in total. The van der Waals surface area contributed by atoms with Crippen molar-refractivity contribution in [3.8, 4) is 5.75 Å². The minimum atomic E-state index is -0.667. The predicted octanol–water partition coefficient (Wildman–Crippen LogP) is 4.08. The molecule has 0 aliphatic heterocycles. The fourth-order valence-corrected chi connectivity index (χ4v) is 1.73. The van der Waals surface area contributed by atoms with Crippen LogP contribution in [0.25, 0.3) is 0 Å². The highest BCUT2D eigenvalue weighted by atomic mass is 16.7. The summed E-state index contributed by atoms with van der Waals surface area (Å²) in [5.74, 6) is 1.24. The van der Waals surface area contributed by atoms with E-state index in [1.807, 2.05) is 18.2 Å². The van der Waals surface area contributed by atoms with Gasteiger partial charge in [-0.3, -0.25) is 0 Å². The number of methoxy groups -OCH3 is 1. The van der Waals surface area contributed by atoms with E-state index in [9.17, 15) is 4.79 Å². The van der Waals surface area contributed by atoms with Crippen LogP contribution in [0.5, 0.6) is 5.75 Å². The van der Waals surface area contributed by atoms with Gasteiger partial charge in [0.2, 0.25) is 0 Å². The van der Waals surface area contributed by atoms with Crippen molar-refractivity contribution in [2.45, 2.75) is 39.5 Å². The molecule has 0 heterocycles. The Labute approximate surface area is 103 Å². The molecule has 1 rings (SSSR count). The van der Waals surface area contributed by atoms with E-state index in [0.717, 1.165) is 11.1 Å². The van der Waals surface area contributed by atoms with Crippen LogP contribution in [0.2, 0.25) is 0 Å². The van der Waals surface area contributed by atoms with Crippen LogP contribution in [0.4, 0.5) is 4.79 Å². The third kappa shape index (κ3) is 3.22. The summed E-state index contributed by atoms with van der Waals surface area (Å²) in [4.78, 5) is 11.3. The Morgan fingerprint density at radius 1 is 1.06 bits per heavy atom. The Bertz CT molecular complexity index is 368. The lowest BCUT2D eigenvalue weighted by atomic mass is 9.94. The standard InChI is InChI=1S/C14H20O3/c1-9(2)11-7-6-8-12(10(3)4)13(11)17-14(15)16-5/h6-10H,1-5H3. The number of benzene rings is 1. The van der Waals surface area contributed by atoms with Crippen LogP contribution >= 0.6 is 0 Å². The molecule has 0 unspecified atom stereocenters. The molecule has 0 N–H and O–H groups in total. The van der Waals surface area contributed by atoms with E-state index in [2.05, 4.69) is 32.4 Å². The number of carbonyl (C=O) groups is 1. The normalized spacial score (nSPS) is 10.8. The largest absolute Gasteiger partial charge is 0.513 e. The maximum absolute atomic E-state index is 11.3. The lowest BCUT2D eigenvalue weighted by molar-refractivity contribution is 0.120. The van der Waals surface area contributed by atoms with Crippen LogP contribution in [0.15, 0.2) is 18.2 Å². The quantitative estimate of drug-likeness (QED) is 0.586. The van der Waals surface area contributed by atoms with Crippen LogP contribution in [-0.2, 0) is 4.74 Å². The zero-order valence-corrected chi connectivity index (χ0v) is 11.1. The van der Waals surface area contributed by atoms with E-state index >= 15 is 0 Å². The average Bonchev–Trinajstić information content (AvgIpc) is 2.28. The topological polar surface area (TPSA) is 35.5 Å². The van der Waals surface area contributed by atoms with Crippen LogP contribution in [-0.4, -0.2) is 13.3 Å². The third-order valence-electron chi connectivity index (χ3n) is 2.67. The molecule has 0 spiro atoms. The summed E-state index contributed by atoms with van der Waals surface area (Å²) >= 11 is 0. The van der Waals surface area contributed by atoms with Gasteiger partial charge in [0.1, 0.15) is 5.75 Å². The summed E-state index contributed by atoms with van der Waals surface area (Å²) in [6.45, 7) is 8.29. The van der Waals surface area contributed by atoms with Crippen molar-refractivity contribution in [1.82, 2.24) is 0 Å². The molecule has 3 heteroatoms. The third-order valence-corrected chi connectivity index (χ3v) is 2.67. The summed E-state index contributed by atoms with van der Waals surface area (Å²) in [6, 6.07) is 5.96. The van der Waals surface area contributed by atoms with E-state index in [-0.39, 0.29) is 0 Å². The molecule has 17 heavy (non-hydrogen) atoms. The summed E-state index contributed by atoms with van der Waals surface area (Å²) in [6.07, 6.45) is -0.667. The molecule has 0 saturated heterocycles. The highest BCUT2D eigenvalue weighted by molar-refractivity contribution is 5.65. The Morgan fingerprint density at radius 3 is 1.88 bits per heavy atom. The van der Waals surface area contributed by atoms with Crippen molar-refractivity contribution in [2.75, 3.05) is 7.11 Å². The highest BCUT2D eigenvalue weighted by Gasteiger charge is 2.17. The molecular formula is C14H20O3. The molecule has 0 aliphatic rings. The molecule has 0 aliphatic carbocycles. The summed E-state index contributed by atoms with van der Waals surface area (Å²) < 4.78 is 9.85. The van der Waals surface area contributed by atoms with Gasteiger partial charge in [-0.05, 0) is 23.0 Å². The molecule has 1 aromatic carbocycles. The molecule has 0 bridgehead atoms. The Balaban J connectivity index is 3.23. The van der Waals surface area contributed by atoms with Crippen molar-refractivity contribution in [1.29, 1.82) is 0 Å². The SMILES string of the molecule is COC(=O)Oc1c(C(C)C)cccc1C(C)C. The molecular weight excluding hydrogens is 216 g/mol. The number of para-hydroxylation sites is 1. The molecule has 0 radical (unpaired) electrons. The van der Waals surface area contributed by atoms with Gasteiger partial charge < -0.3 is 9.47 Å². The average molecular weight is 236 g/mol. The second-order valence-electron chi connectivity index (χ2n) is 4.63. The Hall–Kier alpha value is -1.51. The number of hydrogen-bond acceptors (Lipinski definition) is 3. The predicted molar refractivity (Wildman–Crippen MR) is 67.7 cm³/mol. The van der Waals surface area contributed by atoms with E-state index in [0.29, 0.717) is 17.6 Å². The first-order chi connectivity index (χ1) is 7.97. The van der Waals surface area contributed by atoms with Crippen LogP contribution in [0, 0.1) is 0 Å². The number of hydrogen-bond donors (Lipinski definition) is 0. The lowest BCUT2D eigenvalue weighted by Crippen LogP contribution is -2.11. The van der Waals surface area contributed by atoms with Gasteiger partial charge in [0.15, 0.2) is 0 Å². The van der Waals surface area contributed by atoms with Crippen LogP contribution in [0.1, 0.15) is 50.7 Å². The van der Waals surface area contributed by atoms with E-state index in [1.54, 1.807) is 0 Å². The maximum Gasteiger partial charge on any atom is 0.513 e. The van der Waals surface area contributed by atoms with Gasteiger partial charge in [-0.1, -0.05) is 45.9 Å². The van der Waals surface area contributed by atoms with Crippen molar-refractivity contribution in [3.63, 3.8) is 0 Å². The minimum absolute atomic E-state index is 0.299. The first-order valence-electron chi connectivity index (χ1n) is 5.86. The van der Waals surface area contributed by atoms with Gasteiger partial charge in [-0.2, -0.15) is 0 Å². The zero-order chi connectivity index (χ0) is 13.0. The van der Waals surface area contributed by atoms with Gasteiger partial charge in [0.05, 0.1) is 7.11 Å². The minimum Gasteiger partial charge on any atom is -0.437 e. The van der Waals surface area contributed by atoms with Gasteiger partial charge in [-0.15, -0.1) is 0 Å². The van der Waals surface area contributed by atoms with E-state index < -0.39 is 6.16 Å². The molecule has 0 atom stereocenters. The first kappa shape index (κ1) is 13.6. The van der Waals surface area contributed by atoms with Crippen LogP contribution < -0.4 is 4.74 Å². The number of ether oxygens (including phenoxy) is 2. The molecule has 0 amide bonds. The van der Waals surface area contributed by atoms with Gasteiger partial charge in [-0.25, -0.2) is 4.79 Å². The van der Waals surface area contributed by atoms with Crippen molar-refractivity contribution >= 4 is 6.16 Å². The van der Waals surface area contributed by atoms with Crippen LogP contribution in [0.3, 0.4) is 0 Å². The van der Waals surface area contributed by atoms with Crippen molar-refractivity contribution in [2.24, 2.45) is 0 Å². The fraction of sp³-hybridized carbons (Fsp3) is 0.500. The number of rotatable bonds is 3. The summed E-state index contributed by atoms with van der Waals surface area (Å²) in [7, 11) is 1.31. The number of carbonyl (C=O) groups excluding carboxylic acids is 1. The monoisotopic (exact) mass is 236 g/mol. The summed E-state index contributed by atoms with van der Waals surface area (Å²) in [5, 5.41) is 0. The van der Waals surface area contributed by atoms with Crippen molar-refractivity contribution < 1.29 is 14.3 Å². The molecule has 94 valence electrons. The van der Waals surface area contributed by atoms with E-state index in [4.69, 9.17) is 4.74 Å². The lowest BCUT2D eigenvalue weighted by Gasteiger charge is -2.18. The maximum atomic E-state index is 11.3. The Morgan fingerprint density at radius 2 is 1.53 bits per heavy atom. The van der Waals surface area contributed by atoms with Gasteiger partial charge in [0.25, 0.3) is 0 Å². The molecule has 0 fully saturated rings. The highest BCUT2D eigenvalue weighted by Crippen LogP contribution is 2.34. The first-order valence-corrected chi connectivity index (χ1v) is 5.86. The fourth-order valence-electron chi connectivity index (χ4n) is 1.73. The smallest absolute Gasteiger partial charge is 0.437 e.